The number of rotatable bonds is 2. The number of halogens is 2. The molecule has 4 fully saturated rings. The highest BCUT2D eigenvalue weighted by Gasteiger charge is 2.44. The van der Waals surface area contributed by atoms with Gasteiger partial charge in [0.25, 0.3) is 5.91 Å². The minimum absolute atomic E-state index is 0.0380. The summed E-state index contributed by atoms with van der Waals surface area (Å²) in [6.07, 6.45) is 1.33. The normalized spacial score (nSPS) is 29.6. The zero-order chi connectivity index (χ0) is 18.9. The van der Waals surface area contributed by atoms with Gasteiger partial charge in [-0.15, -0.1) is 0 Å². The first-order valence-corrected chi connectivity index (χ1v) is 9.09. The van der Waals surface area contributed by atoms with Crippen LogP contribution in [0, 0.1) is 11.6 Å². The second kappa shape index (κ2) is 5.72. The first kappa shape index (κ1) is 16.6. The quantitative estimate of drug-likeness (QED) is 0.725. The zero-order valence-electron chi connectivity index (χ0n) is 14.4. The van der Waals surface area contributed by atoms with Crippen molar-refractivity contribution in [2.75, 3.05) is 18.0 Å². The van der Waals surface area contributed by atoms with Gasteiger partial charge in [-0.25, -0.2) is 8.78 Å². The molecule has 0 spiro atoms. The zero-order valence-corrected chi connectivity index (χ0v) is 14.4. The molecule has 9 heteroatoms. The van der Waals surface area contributed by atoms with E-state index in [0.717, 1.165) is 12.5 Å². The summed E-state index contributed by atoms with van der Waals surface area (Å²) in [5, 5.41) is 5.57. The summed E-state index contributed by atoms with van der Waals surface area (Å²) in [6, 6.07) is 0.446. The molecular formula is C18H18F2N4O3. The highest BCUT2D eigenvalue weighted by Crippen LogP contribution is 2.39. The number of carbonyl (C=O) groups is 3. The van der Waals surface area contributed by atoms with E-state index < -0.39 is 35.4 Å². The van der Waals surface area contributed by atoms with Crippen molar-refractivity contribution in [2.24, 2.45) is 0 Å². The number of fused-ring (bicyclic) bond motifs is 3. The van der Waals surface area contributed by atoms with Gasteiger partial charge in [0.05, 0.1) is 11.3 Å². The Morgan fingerprint density at radius 3 is 2.44 bits per heavy atom. The highest BCUT2D eigenvalue weighted by molar-refractivity contribution is 6.06. The number of hydrogen-bond acceptors (Lipinski definition) is 5. The van der Waals surface area contributed by atoms with Gasteiger partial charge in [0.1, 0.15) is 17.7 Å². The van der Waals surface area contributed by atoms with Crippen LogP contribution in [-0.2, 0) is 16.1 Å². The van der Waals surface area contributed by atoms with E-state index in [1.165, 1.54) is 4.90 Å². The number of nitrogens with zero attached hydrogens (tertiary/aromatic N) is 2. The van der Waals surface area contributed by atoms with Crippen LogP contribution >= 0.6 is 0 Å². The van der Waals surface area contributed by atoms with E-state index in [-0.39, 0.29) is 42.7 Å². The predicted molar refractivity (Wildman–Crippen MR) is 89.9 cm³/mol. The summed E-state index contributed by atoms with van der Waals surface area (Å²) in [5.41, 5.74) is 0.387. The summed E-state index contributed by atoms with van der Waals surface area (Å²) in [5.74, 6) is -3.19. The van der Waals surface area contributed by atoms with Crippen molar-refractivity contribution in [3.63, 3.8) is 0 Å². The Bertz CT molecular complexity index is 874. The average molecular weight is 376 g/mol. The number of benzene rings is 1. The van der Waals surface area contributed by atoms with Crippen LogP contribution < -0.4 is 15.5 Å². The first-order valence-electron chi connectivity index (χ1n) is 9.09. The number of nitrogens with one attached hydrogen (secondary N) is 2. The smallest absolute Gasteiger partial charge is 0.258 e. The second-order valence-corrected chi connectivity index (χ2v) is 7.64. The average Bonchev–Trinajstić information content (AvgIpc) is 2.92. The summed E-state index contributed by atoms with van der Waals surface area (Å²) >= 11 is 0. The van der Waals surface area contributed by atoms with Crippen LogP contribution in [0.5, 0.6) is 0 Å². The minimum atomic E-state index is -0.911. The fourth-order valence-corrected chi connectivity index (χ4v) is 4.70. The molecule has 2 N–H and O–H groups in total. The number of piperidine rings is 2. The Balaban J connectivity index is 1.51. The molecule has 142 valence electrons. The number of anilines is 1. The Kier molecular flexibility index (Phi) is 3.52. The molecule has 5 aliphatic rings. The van der Waals surface area contributed by atoms with E-state index in [1.807, 2.05) is 4.90 Å². The van der Waals surface area contributed by atoms with E-state index in [2.05, 4.69) is 10.6 Å². The molecule has 1 aromatic carbocycles. The van der Waals surface area contributed by atoms with Crippen LogP contribution in [0.2, 0.25) is 0 Å². The summed E-state index contributed by atoms with van der Waals surface area (Å²) in [4.78, 5) is 39.5. The third kappa shape index (κ3) is 2.44. The lowest BCUT2D eigenvalue weighted by Crippen LogP contribution is -2.67. The molecule has 4 saturated heterocycles. The summed E-state index contributed by atoms with van der Waals surface area (Å²) in [7, 11) is 0. The molecule has 27 heavy (non-hydrogen) atoms. The molecule has 1 aromatic rings. The lowest BCUT2D eigenvalue weighted by molar-refractivity contribution is -0.136. The molecule has 5 aliphatic heterocycles. The van der Waals surface area contributed by atoms with E-state index in [9.17, 15) is 23.2 Å². The molecule has 0 aromatic heterocycles. The van der Waals surface area contributed by atoms with Crippen LogP contribution in [0.4, 0.5) is 14.5 Å². The molecule has 3 atom stereocenters. The van der Waals surface area contributed by atoms with Crippen LogP contribution in [-0.4, -0.2) is 53.8 Å². The van der Waals surface area contributed by atoms with Gasteiger partial charge in [0.2, 0.25) is 11.8 Å². The second-order valence-electron chi connectivity index (χ2n) is 7.64. The van der Waals surface area contributed by atoms with E-state index >= 15 is 0 Å². The fraction of sp³-hybridized carbons (Fsp3) is 0.500. The maximum atomic E-state index is 14.7. The third-order valence-corrected chi connectivity index (χ3v) is 5.93. The van der Waals surface area contributed by atoms with E-state index in [0.29, 0.717) is 18.7 Å². The lowest BCUT2D eigenvalue weighted by atomic mass is 9.90. The monoisotopic (exact) mass is 376 g/mol. The highest BCUT2D eigenvalue weighted by atomic mass is 19.1. The van der Waals surface area contributed by atoms with Crippen molar-refractivity contribution >= 4 is 23.4 Å². The molecule has 6 rings (SSSR count). The van der Waals surface area contributed by atoms with Crippen molar-refractivity contribution < 1.29 is 23.2 Å². The van der Waals surface area contributed by atoms with Crippen molar-refractivity contribution in [3.05, 3.63) is 28.8 Å². The number of carbonyl (C=O) groups excluding carboxylic acids is 3. The Morgan fingerprint density at radius 2 is 1.78 bits per heavy atom. The summed E-state index contributed by atoms with van der Waals surface area (Å²) in [6.45, 7) is 1.15. The van der Waals surface area contributed by atoms with Gasteiger partial charge in [-0.2, -0.15) is 0 Å². The molecule has 0 saturated carbocycles. The van der Waals surface area contributed by atoms with E-state index in [4.69, 9.17) is 0 Å². The maximum absolute atomic E-state index is 14.7. The largest absolute Gasteiger partial charge is 0.366 e. The van der Waals surface area contributed by atoms with Crippen LogP contribution in [0.3, 0.4) is 0 Å². The Labute approximate surface area is 153 Å². The number of hydrogen-bond donors (Lipinski definition) is 2. The lowest BCUT2D eigenvalue weighted by Gasteiger charge is -2.49. The Hall–Kier alpha value is -2.55. The molecule has 3 amide bonds. The van der Waals surface area contributed by atoms with Gasteiger partial charge in [-0.05, 0) is 12.8 Å². The van der Waals surface area contributed by atoms with Gasteiger partial charge in [-0.1, -0.05) is 0 Å². The van der Waals surface area contributed by atoms with Crippen LogP contribution in [0.1, 0.15) is 35.2 Å². The van der Waals surface area contributed by atoms with Crippen molar-refractivity contribution in [1.82, 2.24) is 15.5 Å². The molecule has 0 radical (unpaired) electrons. The Morgan fingerprint density at radius 1 is 1.07 bits per heavy atom. The predicted octanol–water partition coefficient (Wildman–Crippen LogP) is 0.276. The topological polar surface area (TPSA) is 81.8 Å². The van der Waals surface area contributed by atoms with Crippen LogP contribution in [0.25, 0.3) is 0 Å². The van der Waals surface area contributed by atoms with Gasteiger partial charge >= 0.3 is 0 Å². The third-order valence-electron chi connectivity index (χ3n) is 5.93. The van der Waals surface area contributed by atoms with Crippen molar-refractivity contribution in [3.8, 4) is 0 Å². The van der Waals surface area contributed by atoms with Gasteiger partial charge in [0.15, 0.2) is 0 Å². The van der Waals surface area contributed by atoms with Gasteiger partial charge < -0.3 is 15.1 Å². The number of imide groups is 1. The molecule has 3 unspecified atom stereocenters. The molecule has 2 bridgehead atoms. The van der Waals surface area contributed by atoms with Gasteiger partial charge in [-0.3, -0.25) is 19.7 Å². The molecule has 7 nitrogen and oxygen atoms in total. The standard InChI is InChI=1S/C18H18F2N4O3/c19-11-4-12(20)16(23-5-8-3-9(6-23)21-8)10-7-24(18(27)15(10)11)13-1-2-14(25)22-17(13)26/h4,8-9,13,21H,1-3,5-7H2,(H,22,25,26). The van der Waals surface area contributed by atoms with Crippen molar-refractivity contribution in [1.29, 1.82) is 0 Å². The molecule has 5 heterocycles. The SMILES string of the molecule is O=C1CCC(N2Cc3c(c(F)cc(F)c3N3CC4CC(C3)N4)C2=O)C(=O)N1. The minimum Gasteiger partial charge on any atom is -0.366 e. The van der Waals surface area contributed by atoms with Crippen molar-refractivity contribution in [2.45, 2.75) is 43.9 Å². The summed E-state index contributed by atoms with van der Waals surface area (Å²) < 4.78 is 29.2. The molecule has 0 aliphatic carbocycles. The maximum Gasteiger partial charge on any atom is 0.258 e. The van der Waals surface area contributed by atoms with Gasteiger partial charge in [0, 0.05) is 49.8 Å². The fourth-order valence-electron chi connectivity index (χ4n) is 4.70. The van der Waals surface area contributed by atoms with E-state index in [1.54, 1.807) is 0 Å². The molecular weight excluding hydrogens is 358 g/mol. The van der Waals surface area contributed by atoms with Crippen LogP contribution in [0.15, 0.2) is 6.07 Å². The number of piperazine rings is 1. The number of amides is 3. The first-order chi connectivity index (χ1) is 12.9.